The molecule has 1 aliphatic rings. The van der Waals surface area contributed by atoms with Crippen molar-refractivity contribution in [1.82, 2.24) is 0 Å². The van der Waals surface area contributed by atoms with Crippen molar-refractivity contribution >= 4 is 25.3 Å². The molecule has 0 unspecified atom stereocenters. The molecule has 0 atom stereocenters. The van der Waals surface area contributed by atoms with Crippen LogP contribution in [0, 0.1) is 0 Å². The van der Waals surface area contributed by atoms with Gasteiger partial charge >= 0.3 is 0 Å². The molecule has 0 saturated heterocycles. The van der Waals surface area contributed by atoms with E-state index < -0.39 is 25.3 Å². The van der Waals surface area contributed by atoms with Gasteiger partial charge in [-0.3, -0.25) is 4.55 Å². The maximum absolute atomic E-state index is 10.6. The fraction of sp³-hybridized carbons (Fsp3) is 0.167. The van der Waals surface area contributed by atoms with Gasteiger partial charge in [0.2, 0.25) is 10.3 Å². The number of hydrogen-bond acceptors (Lipinski definition) is 4. The molecule has 1 aliphatic carbocycles. The van der Waals surface area contributed by atoms with Crippen molar-refractivity contribution in [2.24, 2.45) is 0 Å². The van der Waals surface area contributed by atoms with Gasteiger partial charge in [-0.1, -0.05) is 6.08 Å². The largest absolute Gasteiger partial charge is 0.294 e. The normalized spacial score (nSPS) is 17.0. The first kappa shape index (κ1) is 10.2. The first-order valence-corrected chi connectivity index (χ1v) is 5.73. The molecule has 0 aliphatic heterocycles. The maximum atomic E-state index is 10.6. The van der Waals surface area contributed by atoms with Crippen LogP contribution in [0.5, 0.6) is 0 Å². The van der Waals surface area contributed by atoms with E-state index in [1.165, 1.54) is 6.08 Å². The van der Waals surface area contributed by atoms with Crippen LogP contribution < -0.4 is 0 Å². The van der Waals surface area contributed by atoms with Crippen LogP contribution in [0.25, 0.3) is 0 Å². The Morgan fingerprint density at radius 2 is 2.00 bits per heavy atom. The lowest BCUT2D eigenvalue weighted by atomic mass is 10.2. The smallest absolute Gasteiger partial charge is 0.282 e. The van der Waals surface area contributed by atoms with E-state index in [1.54, 1.807) is 0 Å². The van der Waals surface area contributed by atoms with Gasteiger partial charge in [-0.15, -0.1) is 0 Å². The van der Waals surface area contributed by atoms with E-state index in [0.717, 1.165) is 12.2 Å². The van der Waals surface area contributed by atoms with Crippen molar-refractivity contribution in [3.63, 3.8) is 0 Å². The Hall–Kier alpha value is -0.920. The third-order valence-electron chi connectivity index (χ3n) is 1.42. The van der Waals surface area contributed by atoms with Crippen LogP contribution in [-0.4, -0.2) is 26.3 Å². The van der Waals surface area contributed by atoms with Crippen LogP contribution in [0.2, 0.25) is 0 Å². The molecule has 0 fully saturated rings. The van der Waals surface area contributed by atoms with E-state index >= 15 is 0 Å². The first-order chi connectivity index (χ1) is 5.91. The van der Waals surface area contributed by atoms with Gasteiger partial charge in [0.05, 0.1) is 9.77 Å². The van der Waals surface area contributed by atoms with E-state index in [4.69, 9.17) is 4.55 Å². The molecular formula is C6H6O5S2. The molecule has 1 N–H and O–H groups in total. The Morgan fingerprint density at radius 3 is 2.46 bits per heavy atom. The number of allylic oxidation sites excluding steroid dienone is 3. The molecule has 0 aromatic heterocycles. The molecule has 0 saturated carbocycles. The highest BCUT2D eigenvalue weighted by Crippen LogP contribution is 2.12. The topological polar surface area (TPSA) is 88.5 Å². The van der Waals surface area contributed by atoms with Crippen LogP contribution >= 0.6 is 0 Å². The summed E-state index contributed by atoms with van der Waals surface area (Å²) in [4.78, 5) is -0.465. The minimum Gasteiger partial charge on any atom is -0.282 e. The van der Waals surface area contributed by atoms with Gasteiger partial charge < -0.3 is 0 Å². The zero-order chi connectivity index (χ0) is 10.1. The quantitative estimate of drug-likeness (QED) is 0.489. The van der Waals surface area contributed by atoms with Gasteiger partial charge in [0.25, 0.3) is 10.1 Å². The van der Waals surface area contributed by atoms with Crippen LogP contribution in [0.1, 0.15) is 6.42 Å². The van der Waals surface area contributed by atoms with Gasteiger partial charge in [0, 0.05) is 6.42 Å². The third-order valence-corrected chi connectivity index (χ3v) is 2.98. The minimum atomic E-state index is -4.31. The van der Waals surface area contributed by atoms with Crippen molar-refractivity contribution in [2.75, 3.05) is 0 Å². The summed E-state index contributed by atoms with van der Waals surface area (Å²) in [6, 6.07) is 0. The monoisotopic (exact) mass is 222 g/mol. The Labute approximate surface area is 76.7 Å². The predicted molar refractivity (Wildman–Crippen MR) is 47.3 cm³/mol. The Kier molecular flexibility index (Phi) is 2.69. The van der Waals surface area contributed by atoms with E-state index in [0.29, 0.717) is 0 Å². The zero-order valence-electron chi connectivity index (χ0n) is 6.34. The highest BCUT2D eigenvalue weighted by molar-refractivity contribution is 7.90. The molecule has 1 rings (SSSR count). The molecule has 0 amide bonds. The zero-order valence-corrected chi connectivity index (χ0v) is 7.97. The van der Waals surface area contributed by atoms with Gasteiger partial charge in [-0.05, 0) is 12.2 Å². The fourth-order valence-electron chi connectivity index (χ4n) is 0.834. The van der Waals surface area contributed by atoms with Crippen molar-refractivity contribution in [2.45, 2.75) is 6.42 Å². The van der Waals surface area contributed by atoms with Gasteiger partial charge in [-0.25, -0.2) is 0 Å². The van der Waals surface area contributed by atoms with Crippen LogP contribution in [-0.2, 0) is 20.4 Å². The van der Waals surface area contributed by atoms with Crippen molar-refractivity contribution in [1.29, 1.82) is 0 Å². The molecule has 5 nitrogen and oxygen atoms in total. The number of rotatable bonds is 1. The lowest BCUT2D eigenvalue weighted by molar-refractivity contribution is 0.492. The Balaban J connectivity index is 3.32. The summed E-state index contributed by atoms with van der Waals surface area (Å²) in [7, 11) is -6.76. The second kappa shape index (κ2) is 3.44. The molecule has 0 bridgehead atoms. The fourth-order valence-corrected chi connectivity index (χ4v) is 1.92. The molecule has 72 valence electrons. The second-order valence-corrected chi connectivity index (χ2v) is 4.74. The average molecular weight is 222 g/mol. The van der Waals surface area contributed by atoms with E-state index in [-0.39, 0.29) is 11.3 Å². The number of hydrogen-bond donors (Lipinski definition) is 1. The van der Waals surface area contributed by atoms with Crippen molar-refractivity contribution < 1.29 is 21.4 Å². The van der Waals surface area contributed by atoms with Gasteiger partial charge in [0.1, 0.15) is 0 Å². The lowest BCUT2D eigenvalue weighted by Crippen LogP contribution is -2.07. The summed E-state index contributed by atoms with van der Waals surface area (Å²) >= 11 is 0. The molecule has 0 aromatic rings. The SMILES string of the molecule is O=S(=O)=C1C=C(S(=O)(=O)O)C=CC1. The molecule has 0 heterocycles. The molecule has 0 radical (unpaired) electrons. The summed E-state index contributed by atoms with van der Waals surface area (Å²) in [5.74, 6) is 0. The minimum absolute atomic E-state index is 0.0601. The molecular weight excluding hydrogens is 216 g/mol. The third kappa shape index (κ3) is 2.51. The standard InChI is InChI=1S/C6H6O5S2/c7-12(8)5-2-1-3-6(4-5)13(9,10)11/h1,3-4H,2H2,(H,9,10,11). The summed E-state index contributed by atoms with van der Waals surface area (Å²) in [6.07, 6.45) is 3.59. The molecule has 0 spiro atoms. The predicted octanol–water partition coefficient (Wildman–Crippen LogP) is -0.230. The van der Waals surface area contributed by atoms with E-state index in [2.05, 4.69) is 0 Å². The van der Waals surface area contributed by atoms with Crippen LogP contribution in [0.3, 0.4) is 0 Å². The first-order valence-electron chi connectivity index (χ1n) is 3.22. The van der Waals surface area contributed by atoms with Crippen LogP contribution in [0.15, 0.2) is 23.1 Å². The second-order valence-electron chi connectivity index (χ2n) is 2.33. The highest BCUT2D eigenvalue weighted by Gasteiger charge is 2.14. The summed E-state index contributed by atoms with van der Waals surface area (Å²) in [5.41, 5.74) is 0. The van der Waals surface area contributed by atoms with Gasteiger partial charge in [-0.2, -0.15) is 16.8 Å². The van der Waals surface area contributed by atoms with Crippen LogP contribution in [0.4, 0.5) is 0 Å². The lowest BCUT2D eigenvalue weighted by Gasteiger charge is -2.02. The summed E-state index contributed by atoms with van der Waals surface area (Å²) < 4.78 is 50.6. The van der Waals surface area contributed by atoms with Crippen molar-refractivity contribution in [3.05, 3.63) is 23.1 Å². The molecule has 13 heavy (non-hydrogen) atoms. The van der Waals surface area contributed by atoms with Crippen molar-refractivity contribution in [3.8, 4) is 0 Å². The Morgan fingerprint density at radius 1 is 1.38 bits per heavy atom. The highest BCUT2D eigenvalue weighted by atomic mass is 32.2. The van der Waals surface area contributed by atoms with E-state index in [1.807, 2.05) is 0 Å². The average Bonchev–Trinajstić information content (AvgIpc) is 2.03. The summed E-state index contributed by atoms with van der Waals surface area (Å²) in [5, 5.41) is 0. The molecule has 0 aromatic carbocycles. The maximum Gasteiger partial charge on any atom is 0.294 e. The van der Waals surface area contributed by atoms with E-state index in [9.17, 15) is 16.8 Å². The summed E-state index contributed by atoms with van der Waals surface area (Å²) in [6.45, 7) is 0. The molecule has 7 heteroatoms. The van der Waals surface area contributed by atoms with Gasteiger partial charge in [0.15, 0.2) is 0 Å². The Bertz CT molecular complexity index is 495.